The predicted molar refractivity (Wildman–Crippen MR) is 69.8 cm³/mol. The molecule has 0 aliphatic heterocycles. The highest BCUT2D eigenvalue weighted by molar-refractivity contribution is 5.98. The fraction of sp³-hybridized carbons (Fsp3) is 0.500. The summed E-state index contributed by atoms with van der Waals surface area (Å²) in [5, 5.41) is 12.9. The molecule has 3 nitrogen and oxygen atoms in total. The van der Waals surface area contributed by atoms with Crippen molar-refractivity contribution in [1.82, 2.24) is 5.32 Å². The molecule has 0 aliphatic carbocycles. The summed E-state index contributed by atoms with van der Waals surface area (Å²) in [6.07, 6.45) is 0. The minimum absolute atomic E-state index is 0.0427. The molecule has 0 amide bonds. The maximum atomic E-state index is 11.8. The van der Waals surface area contributed by atoms with Crippen LogP contribution in [0.1, 0.15) is 42.3 Å². The van der Waals surface area contributed by atoms with E-state index in [1.165, 1.54) is 0 Å². The van der Waals surface area contributed by atoms with Gasteiger partial charge in [0.25, 0.3) is 0 Å². The normalized spacial score (nSPS) is 11.6. The van der Waals surface area contributed by atoms with E-state index < -0.39 is 0 Å². The van der Waals surface area contributed by atoms with Crippen molar-refractivity contribution in [2.45, 2.75) is 33.1 Å². The van der Waals surface area contributed by atoms with Gasteiger partial charge in [-0.25, -0.2) is 0 Å². The van der Waals surface area contributed by atoms with Crippen LogP contribution < -0.4 is 5.32 Å². The van der Waals surface area contributed by atoms with Gasteiger partial charge in [0.05, 0.1) is 6.54 Å². The highest BCUT2D eigenvalue weighted by Crippen LogP contribution is 2.34. The Morgan fingerprint density at radius 1 is 1.35 bits per heavy atom. The Kier molecular flexibility index (Phi) is 3.94. The lowest BCUT2D eigenvalue weighted by atomic mass is 9.83. The molecule has 0 radical (unpaired) electrons. The van der Waals surface area contributed by atoms with Gasteiger partial charge in [0.15, 0.2) is 5.78 Å². The third-order valence-electron chi connectivity index (χ3n) is 2.77. The Morgan fingerprint density at radius 3 is 2.41 bits per heavy atom. The number of Topliss-reactive ketones (excluding diaryl/α,β-unsaturated/α-hetero) is 1. The minimum atomic E-state index is -0.176. The number of aromatic hydroxyl groups is 1. The standard InChI is InChI=1S/C14H21NO2/c1-9-6-10(12(16)8-15-5)7-11(13(9)17)14(2,3)4/h6-7,15,17H,8H2,1-5H3. The van der Waals surface area contributed by atoms with Crippen LogP contribution in [0.2, 0.25) is 0 Å². The minimum Gasteiger partial charge on any atom is -0.507 e. The number of carbonyl (C=O) groups excluding carboxylic acids is 1. The molecule has 0 saturated carbocycles. The van der Waals surface area contributed by atoms with Crippen LogP contribution >= 0.6 is 0 Å². The fourth-order valence-electron chi connectivity index (χ4n) is 1.77. The van der Waals surface area contributed by atoms with E-state index in [1.54, 1.807) is 19.2 Å². The molecule has 94 valence electrons. The summed E-state index contributed by atoms with van der Waals surface area (Å²) < 4.78 is 0. The molecule has 17 heavy (non-hydrogen) atoms. The molecule has 0 aliphatic rings. The van der Waals surface area contributed by atoms with Crippen LogP contribution in [0.4, 0.5) is 0 Å². The summed E-state index contributed by atoms with van der Waals surface area (Å²) >= 11 is 0. The van der Waals surface area contributed by atoms with Crippen molar-refractivity contribution in [3.63, 3.8) is 0 Å². The van der Waals surface area contributed by atoms with E-state index >= 15 is 0 Å². The van der Waals surface area contributed by atoms with Gasteiger partial charge < -0.3 is 10.4 Å². The SMILES string of the molecule is CNCC(=O)c1cc(C)c(O)c(C(C)(C)C)c1. The molecule has 1 rings (SSSR count). The van der Waals surface area contributed by atoms with Crippen molar-refractivity contribution in [3.05, 3.63) is 28.8 Å². The van der Waals surface area contributed by atoms with E-state index in [-0.39, 0.29) is 11.2 Å². The molecule has 3 heteroatoms. The van der Waals surface area contributed by atoms with Gasteiger partial charge in [-0.05, 0) is 37.1 Å². The molecule has 0 heterocycles. The van der Waals surface area contributed by atoms with Gasteiger partial charge in [-0.1, -0.05) is 20.8 Å². The maximum absolute atomic E-state index is 11.8. The van der Waals surface area contributed by atoms with E-state index in [4.69, 9.17) is 0 Å². The van der Waals surface area contributed by atoms with Gasteiger partial charge in [-0.2, -0.15) is 0 Å². The number of aryl methyl sites for hydroxylation is 1. The van der Waals surface area contributed by atoms with Gasteiger partial charge in [0, 0.05) is 11.1 Å². The second-order valence-electron chi connectivity index (χ2n) is 5.39. The monoisotopic (exact) mass is 235 g/mol. The summed E-state index contributed by atoms with van der Waals surface area (Å²) in [7, 11) is 1.75. The Bertz CT molecular complexity index is 431. The number of phenols is 1. The molecule has 1 aromatic rings. The van der Waals surface area contributed by atoms with Crippen LogP contribution in [0.3, 0.4) is 0 Å². The van der Waals surface area contributed by atoms with Crippen LogP contribution in [-0.4, -0.2) is 24.5 Å². The smallest absolute Gasteiger partial charge is 0.176 e. The lowest BCUT2D eigenvalue weighted by molar-refractivity contribution is 0.0993. The molecule has 0 unspecified atom stereocenters. The van der Waals surface area contributed by atoms with Crippen molar-refractivity contribution < 1.29 is 9.90 Å². The average molecular weight is 235 g/mol. The van der Waals surface area contributed by atoms with E-state index in [1.807, 2.05) is 27.7 Å². The Labute approximate surface area is 103 Å². The molecular formula is C14H21NO2. The number of benzene rings is 1. The van der Waals surface area contributed by atoms with Gasteiger partial charge >= 0.3 is 0 Å². The first-order chi connectivity index (χ1) is 7.77. The quantitative estimate of drug-likeness (QED) is 0.791. The predicted octanol–water partition coefficient (Wildman–Crippen LogP) is 2.40. The van der Waals surface area contributed by atoms with Gasteiger partial charge in [-0.3, -0.25) is 4.79 Å². The lowest BCUT2D eigenvalue weighted by Crippen LogP contribution is -2.20. The lowest BCUT2D eigenvalue weighted by Gasteiger charge is -2.22. The highest BCUT2D eigenvalue weighted by Gasteiger charge is 2.21. The van der Waals surface area contributed by atoms with Gasteiger partial charge in [-0.15, -0.1) is 0 Å². The summed E-state index contributed by atoms with van der Waals surface area (Å²) in [6, 6.07) is 3.53. The molecule has 1 aromatic carbocycles. The van der Waals surface area contributed by atoms with Crippen molar-refractivity contribution >= 4 is 5.78 Å². The third-order valence-corrected chi connectivity index (χ3v) is 2.77. The van der Waals surface area contributed by atoms with E-state index in [0.717, 1.165) is 11.1 Å². The maximum Gasteiger partial charge on any atom is 0.176 e. The van der Waals surface area contributed by atoms with Crippen molar-refractivity contribution in [2.24, 2.45) is 0 Å². The highest BCUT2D eigenvalue weighted by atomic mass is 16.3. The summed E-state index contributed by atoms with van der Waals surface area (Å²) in [4.78, 5) is 11.8. The number of nitrogens with one attached hydrogen (secondary N) is 1. The molecule has 0 bridgehead atoms. The molecule has 0 atom stereocenters. The molecule has 0 saturated heterocycles. The molecular weight excluding hydrogens is 214 g/mol. The number of phenolic OH excluding ortho intramolecular Hbond substituents is 1. The van der Waals surface area contributed by atoms with Crippen molar-refractivity contribution in [2.75, 3.05) is 13.6 Å². The zero-order chi connectivity index (χ0) is 13.2. The second kappa shape index (κ2) is 4.88. The van der Waals surface area contributed by atoms with Crippen LogP contribution in [0.25, 0.3) is 0 Å². The van der Waals surface area contributed by atoms with Gasteiger partial charge in [0.2, 0.25) is 0 Å². The van der Waals surface area contributed by atoms with Crippen molar-refractivity contribution in [1.29, 1.82) is 0 Å². The van der Waals surface area contributed by atoms with E-state index in [9.17, 15) is 9.90 Å². The van der Waals surface area contributed by atoms with E-state index in [2.05, 4.69) is 5.32 Å². The van der Waals surface area contributed by atoms with Crippen LogP contribution in [0.5, 0.6) is 5.75 Å². The number of rotatable bonds is 3. The first-order valence-electron chi connectivity index (χ1n) is 5.79. The summed E-state index contributed by atoms with van der Waals surface area (Å²) in [6.45, 7) is 8.20. The van der Waals surface area contributed by atoms with Crippen LogP contribution in [0.15, 0.2) is 12.1 Å². The summed E-state index contributed by atoms with van der Waals surface area (Å²) in [5.41, 5.74) is 2.04. The molecule has 0 aromatic heterocycles. The number of carbonyl (C=O) groups is 1. The summed E-state index contributed by atoms with van der Waals surface area (Å²) in [5.74, 6) is 0.333. The third kappa shape index (κ3) is 3.07. The molecule has 0 spiro atoms. The first kappa shape index (κ1) is 13.7. The van der Waals surface area contributed by atoms with Gasteiger partial charge in [0.1, 0.15) is 5.75 Å². The molecule has 2 N–H and O–H groups in total. The number of hydrogen-bond donors (Lipinski definition) is 2. The fourth-order valence-corrected chi connectivity index (χ4v) is 1.77. The largest absolute Gasteiger partial charge is 0.507 e. The van der Waals surface area contributed by atoms with Crippen LogP contribution in [-0.2, 0) is 5.41 Å². The number of ketones is 1. The zero-order valence-electron chi connectivity index (χ0n) is 11.2. The second-order valence-corrected chi connectivity index (χ2v) is 5.39. The van der Waals surface area contributed by atoms with Crippen LogP contribution in [0, 0.1) is 6.92 Å². The first-order valence-corrected chi connectivity index (χ1v) is 5.79. The van der Waals surface area contributed by atoms with Crippen molar-refractivity contribution in [3.8, 4) is 5.75 Å². The zero-order valence-corrected chi connectivity index (χ0v) is 11.2. The topological polar surface area (TPSA) is 49.3 Å². The Morgan fingerprint density at radius 2 is 1.94 bits per heavy atom. The Balaban J connectivity index is 3.29. The van der Waals surface area contributed by atoms with E-state index in [0.29, 0.717) is 17.9 Å². The number of likely N-dealkylation sites (N-methyl/N-ethyl adjacent to an activating group) is 1. The Hall–Kier alpha value is -1.35. The average Bonchev–Trinajstić information content (AvgIpc) is 2.20. The molecule has 0 fully saturated rings. The number of hydrogen-bond acceptors (Lipinski definition) is 3.